The highest BCUT2D eigenvalue weighted by Crippen LogP contribution is 2.31. The number of anilines is 1. The largest absolute Gasteiger partial charge is 0.464 e. The van der Waals surface area contributed by atoms with Crippen molar-refractivity contribution in [2.24, 2.45) is 5.92 Å². The molecule has 1 heterocycles. The van der Waals surface area contributed by atoms with E-state index < -0.39 is 23.9 Å². The maximum Gasteiger partial charge on any atom is 0.338 e. The van der Waals surface area contributed by atoms with Gasteiger partial charge >= 0.3 is 11.9 Å². The van der Waals surface area contributed by atoms with E-state index in [1.165, 1.54) is 24.0 Å². The minimum absolute atomic E-state index is 0.157. The number of esters is 2. The van der Waals surface area contributed by atoms with Crippen molar-refractivity contribution in [2.75, 3.05) is 18.1 Å². The van der Waals surface area contributed by atoms with E-state index in [1.54, 1.807) is 26.0 Å². The number of Topliss-reactive ketones (excluding diaryl/α,β-unsaturated/α-hetero) is 1. The van der Waals surface area contributed by atoms with Gasteiger partial charge in [-0.25, -0.2) is 9.59 Å². The zero-order valence-corrected chi connectivity index (χ0v) is 15.2. The van der Waals surface area contributed by atoms with E-state index in [0.717, 1.165) is 0 Å². The van der Waals surface area contributed by atoms with Gasteiger partial charge < -0.3 is 9.47 Å². The van der Waals surface area contributed by atoms with Crippen LogP contribution in [0.15, 0.2) is 24.3 Å². The van der Waals surface area contributed by atoms with E-state index >= 15 is 0 Å². The van der Waals surface area contributed by atoms with Crippen molar-refractivity contribution in [2.45, 2.75) is 39.7 Å². The van der Waals surface area contributed by atoms with Gasteiger partial charge in [0.05, 0.1) is 18.8 Å². The summed E-state index contributed by atoms with van der Waals surface area (Å²) in [6, 6.07) is 5.19. The third-order valence-corrected chi connectivity index (χ3v) is 4.30. The Kier molecular flexibility index (Phi) is 6.49. The van der Waals surface area contributed by atoms with Crippen molar-refractivity contribution < 1.29 is 28.7 Å². The number of carbonyl (C=O) groups is 4. The summed E-state index contributed by atoms with van der Waals surface area (Å²) in [6.45, 7) is 5.21. The van der Waals surface area contributed by atoms with Crippen LogP contribution in [-0.4, -0.2) is 42.9 Å². The molecule has 0 saturated carbocycles. The first-order chi connectivity index (χ1) is 12.4. The van der Waals surface area contributed by atoms with Crippen LogP contribution in [0, 0.1) is 5.92 Å². The second-order valence-electron chi connectivity index (χ2n) is 5.98. The summed E-state index contributed by atoms with van der Waals surface area (Å²) >= 11 is 0. The SMILES string of the molecule is CCOC(=O)c1ccc(N2C(=O)CC[C@@H](C(C)=O)[C@@H]2C(=O)OCC)cc1. The van der Waals surface area contributed by atoms with Crippen LogP contribution >= 0.6 is 0 Å². The Bertz CT molecular complexity index is 696. The molecular weight excluding hydrogens is 338 g/mol. The molecule has 0 bridgehead atoms. The molecule has 0 radical (unpaired) electrons. The third kappa shape index (κ3) is 4.09. The van der Waals surface area contributed by atoms with Crippen molar-refractivity contribution in [3.63, 3.8) is 0 Å². The minimum Gasteiger partial charge on any atom is -0.464 e. The molecular formula is C19H23NO6. The second kappa shape index (κ2) is 8.60. The highest BCUT2D eigenvalue weighted by Gasteiger charge is 2.44. The summed E-state index contributed by atoms with van der Waals surface area (Å²) in [5, 5.41) is 0. The number of piperidine rings is 1. The summed E-state index contributed by atoms with van der Waals surface area (Å²) < 4.78 is 10.0. The van der Waals surface area contributed by atoms with Gasteiger partial charge in [-0.1, -0.05) is 0 Å². The Morgan fingerprint density at radius 3 is 2.23 bits per heavy atom. The molecule has 1 saturated heterocycles. The second-order valence-corrected chi connectivity index (χ2v) is 5.98. The van der Waals surface area contributed by atoms with Gasteiger partial charge in [-0.2, -0.15) is 0 Å². The molecule has 0 aliphatic carbocycles. The molecule has 0 aromatic heterocycles. The van der Waals surface area contributed by atoms with Crippen LogP contribution in [0.1, 0.15) is 44.0 Å². The lowest BCUT2D eigenvalue weighted by Gasteiger charge is -2.38. The molecule has 0 unspecified atom stereocenters. The summed E-state index contributed by atoms with van der Waals surface area (Å²) in [5.41, 5.74) is 0.780. The van der Waals surface area contributed by atoms with Crippen molar-refractivity contribution in [3.05, 3.63) is 29.8 Å². The highest BCUT2D eigenvalue weighted by molar-refractivity contribution is 6.04. The smallest absolute Gasteiger partial charge is 0.338 e. The number of ketones is 1. The Hall–Kier alpha value is -2.70. The maximum atomic E-state index is 12.5. The van der Waals surface area contributed by atoms with Crippen molar-refractivity contribution in [3.8, 4) is 0 Å². The van der Waals surface area contributed by atoms with Crippen LogP contribution in [0.3, 0.4) is 0 Å². The Labute approximate surface area is 152 Å². The summed E-state index contributed by atoms with van der Waals surface area (Å²) in [4.78, 5) is 50.1. The zero-order valence-electron chi connectivity index (χ0n) is 15.2. The number of rotatable bonds is 6. The molecule has 7 nitrogen and oxygen atoms in total. The molecule has 2 atom stereocenters. The molecule has 26 heavy (non-hydrogen) atoms. The number of amides is 1. The lowest BCUT2D eigenvalue weighted by atomic mass is 9.85. The van der Waals surface area contributed by atoms with E-state index in [9.17, 15) is 19.2 Å². The van der Waals surface area contributed by atoms with Crippen LogP contribution in [0.2, 0.25) is 0 Å². The first kappa shape index (κ1) is 19.6. The minimum atomic E-state index is -0.998. The molecule has 140 valence electrons. The number of hydrogen-bond donors (Lipinski definition) is 0. The number of hydrogen-bond acceptors (Lipinski definition) is 6. The number of benzene rings is 1. The topological polar surface area (TPSA) is 90.0 Å². The van der Waals surface area contributed by atoms with Crippen molar-refractivity contribution in [1.82, 2.24) is 0 Å². The monoisotopic (exact) mass is 361 g/mol. The van der Waals surface area contributed by atoms with Crippen molar-refractivity contribution in [1.29, 1.82) is 0 Å². The first-order valence-corrected chi connectivity index (χ1v) is 8.67. The quantitative estimate of drug-likeness (QED) is 0.721. The molecule has 1 aliphatic heterocycles. The Balaban J connectivity index is 2.38. The number of nitrogens with zero attached hydrogens (tertiary/aromatic N) is 1. The lowest BCUT2D eigenvalue weighted by molar-refractivity contribution is -0.150. The average Bonchev–Trinajstić information content (AvgIpc) is 2.61. The van der Waals surface area contributed by atoms with Crippen LogP contribution in [0.5, 0.6) is 0 Å². The van der Waals surface area contributed by atoms with E-state index in [2.05, 4.69) is 0 Å². The molecule has 0 N–H and O–H groups in total. The van der Waals surface area contributed by atoms with E-state index in [4.69, 9.17) is 9.47 Å². The maximum absolute atomic E-state index is 12.5. The van der Waals surface area contributed by atoms with Crippen LogP contribution in [0.25, 0.3) is 0 Å². The first-order valence-electron chi connectivity index (χ1n) is 8.67. The predicted molar refractivity (Wildman–Crippen MR) is 93.7 cm³/mol. The van der Waals surface area contributed by atoms with Crippen LogP contribution in [0.4, 0.5) is 5.69 Å². The lowest BCUT2D eigenvalue weighted by Crippen LogP contribution is -2.55. The molecule has 1 fully saturated rings. The van der Waals surface area contributed by atoms with Crippen molar-refractivity contribution >= 4 is 29.3 Å². The summed E-state index contributed by atoms with van der Waals surface area (Å²) in [7, 11) is 0. The van der Waals surface area contributed by atoms with Gasteiger partial charge in [0.25, 0.3) is 0 Å². The van der Waals surface area contributed by atoms with Gasteiger partial charge in [-0.05, 0) is 51.5 Å². The Morgan fingerprint density at radius 2 is 1.69 bits per heavy atom. The normalized spacial score (nSPS) is 19.8. The van der Waals surface area contributed by atoms with Gasteiger partial charge in [-0.3, -0.25) is 14.5 Å². The molecule has 7 heteroatoms. The van der Waals surface area contributed by atoms with Crippen LogP contribution in [-0.2, 0) is 23.9 Å². The highest BCUT2D eigenvalue weighted by atomic mass is 16.5. The molecule has 1 aliphatic rings. The van der Waals surface area contributed by atoms with Crippen LogP contribution < -0.4 is 4.90 Å². The van der Waals surface area contributed by atoms with E-state index in [1.807, 2.05) is 0 Å². The molecule has 1 aromatic rings. The molecule has 1 aromatic carbocycles. The predicted octanol–water partition coefficient (Wildman–Crippen LogP) is 2.13. The number of carbonyl (C=O) groups excluding carboxylic acids is 4. The zero-order chi connectivity index (χ0) is 19.3. The van der Waals surface area contributed by atoms with Gasteiger partial charge in [-0.15, -0.1) is 0 Å². The Morgan fingerprint density at radius 1 is 1.08 bits per heavy atom. The molecule has 0 spiro atoms. The van der Waals surface area contributed by atoms with Gasteiger partial charge in [0.2, 0.25) is 5.91 Å². The fraction of sp³-hybridized carbons (Fsp3) is 0.474. The number of ether oxygens (including phenoxy) is 2. The van der Waals surface area contributed by atoms with Gasteiger partial charge in [0.15, 0.2) is 0 Å². The third-order valence-electron chi connectivity index (χ3n) is 4.30. The van der Waals surface area contributed by atoms with Gasteiger partial charge in [0.1, 0.15) is 11.8 Å². The average molecular weight is 361 g/mol. The molecule has 2 rings (SSSR count). The summed E-state index contributed by atoms with van der Waals surface area (Å²) in [6.07, 6.45) is 0.481. The summed E-state index contributed by atoms with van der Waals surface area (Å²) in [5.74, 6) is -2.10. The standard InChI is InChI=1S/C19H23NO6/c1-4-25-18(23)13-6-8-14(9-7-13)20-16(22)11-10-15(12(3)21)17(20)19(24)26-5-2/h6-9,15,17H,4-5,10-11H2,1-3H3/t15-,17+/m0/s1. The fourth-order valence-corrected chi connectivity index (χ4v) is 3.09. The molecule has 1 amide bonds. The van der Waals surface area contributed by atoms with Gasteiger partial charge in [0, 0.05) is 18.0 Å². The van der Waals surface area contributed by atoms with E-state index in [0.29, 0.717) is 17.7 Å². The van der Waals surface area contributed by atoms with E-state index in [-0.39, 0.29) is 31.3 Å². The fourth-order valence-electron chi connectivity index (χ4n) is 3.09.